The topological polar surface area (TPSA) is 80.6 Å². The lowest BCUT2D eigenvalue weighted by Gasteiger charge is -2.26. The van der Waals surface area contributed by atoms with Crippen molar-refractivity contribution in [3.63, 3.8) is 0 Å². The van der Waals surface area contributed by atoms with Crippen LogP contribution in [0.4, 0.5) is 4.39 Å². The van der Waals surface area contributed by atoms with E-state index in [4.69, 9.17) is 4.74 Å². The first-order valence-corrected chi connectivity index (χ1v) is 11.4. The lowest BCUT2D eigenvalue weighted by molar-refractivity contribution is -0.141. The van der Waals surface area contributed by atoms with Gasteiger partial charge in [0.25, 0.3) is 0 Å². The van der Waals surface area contributed by atoms with Gasteiger partial charge >= 0.3 is 5.97 Å². The molecule has 1 aliphatic rings. The molecule has 7 heteroatoms. The van der Waals surface area contributed by atoms with Gasteiger partial charge in [-0.2, -0.15) is 0 Å². The highest BCUT2D eigenvalue weighted by Crippen LogP contribution is 2.36. The van der Waals surface area contributed by atoms with E-state index in [1.807, 2.05) is 35.8 Å². The van der Waals surface area contributed by atoms with Crippen LogP contribution in [0.1, 0.15) is 49.0 Å². The zero-order valence-corrected chi connectivity index (χ0v) is 18.9. The molecule has 2 aromatic carbocycles. The Balaban J connectivity index is 1.52. The number of ether oxygens (including phenoxy) is 1. The molecule has 0 fully saturated rings. The molecule has 174 valence electrons. The minimum Gasteiger partial charge on any atom is -0.497 e. The van der Waals surface area contributed by atoms with Crippen LogP contribution >= 0.6 is 0 Å². The van der Waals surface area contributed by atoms with Crippen molar-refractivity contribution in [2.45, 2.75) is 57.5 Å². The zero-order valence-electron chi connectivity index (χ0n) is 18.9. The number of rotatable bonds is 8. The van der Waals surface area contributed by atoms with Crippen molar-refractivity contribution in [3.8, 4) is 5.75 Å². The monoisotopic (exact) mass is 452 g/mol. The number of aromatic nitrogens is 1. The molecule has 3 aromatic rings. The molecular formula is C26H29FN2O4. The van der Waals surface area contributed by atoms with Crippen molar-refractivity contribution in [1.29, 1.82) is 0 Å². The molecule has 0 saturated carbocycles. The SMILES string of the molecule is CCC(C(=O)O)n1c2c(c3cc(F)ccc31)CC(NC(=O)CCc1cccc(OC)c1)CC2. The molecule has 1 heterocycles. The van der Waals surface area contributed by atoms with E-state index in [0.717, 1.165) is 33.5 Å². The number of carbonyl (C=O) groups is 2. The van der Waals surface area contributed by atoms with Gasteiger partial charge in [0, 0.05) is 29.1 Å². The molecule has 33 heavy (non-hydrogen) atoms. The number of halogens is 1. The number of benzene rings is 2. The van der Waals surface area contributed by atoms with Crippen LogP contribution in [0.2, 0.25) is 0 Å². The fraction of sp³-hybridized carbons (Fsp3) is 0.385. The Morgan fingerprint density at radius 2 is 2.09 bits per heavy atom. The predicted octanol–water partition coefficient (Wildman–Crippen LogP) is 4.43. The van der Waals surface area contributed by atoms with Crippen molar-refractivity contribution >= 4 is 22.8 Å². The van der Waals surface area contributed by atoms with Crippen molar-refractivity contribution in [3.05, 3.63) is 65.1 Å². The van der Waals surface area contributed by atoms with E-state index in [9.17, 15) is 19.1 Å². The fourth-order valence-corrected chi connectivity index (χ4v) is 4.90. The summed E-state index contributed by atoms with van der Waals surface area (Å²) in [5.74, 6) is -0.508. The van der Waals surface area contributed by atoms with Crippen LogP contribution in [0.15, 0.2) is 42.5 Å². The number of methoxy groups -OCH3 is 1. The van der Waals surface area contributed by atoms with E-state index in [2.05, 4.69) is 5.32 Å². The molecule has 0 aliphatic heterocycles. The first-order chi connectivity index (χ1) is 15.9. The van der Waals surface area contributed by atoms with Crippen LogP contribution < -0.4 is 10.1 Å². The van der Waals surface area contributed by atoms with Gasteiger partial charge in [0.2, 0.25) is 5.91 Å². The summed E-state index contributed by atoms with van der Waals surface area (Å²) in [6.45, 7) is 1.84. The number of nitrogens with one attached hydrogen (secondary N) is 1. The standard InChI is InChI=1S/C26H29FN2O4/c1-3-22(26(31)32)29-23-10-8-17(27)14-20(23)21-15-18(9-11-24(21)29)28-25(30)12-7-16-5-4-6-19(13-16)33-2/h4-6,8,10,13-14,18,22H,3,7,9,11-12,15H2,1-2H3,(H,28,30)(H,31,32). The Kier molecular flexibility index (Phi) is 6.67. The van der Waals surface area contributed by atoms with Crippen molar-refractivity contribution in [2.75, 3.05) is 7.11 Å². The molecule has 4 rings (SSSR count). The second-order valence-electron chi connectivity index (χ2n) is 8.58. The molecule has 1 amide bonds. The third-order valence-electron chi connectivity index (χ3n) is 6.49. The maximum absolute atomic E-state index is 14.1. The summed E-state index contributed by atoms with van der Waals surface area (Å²) in [6.07, 6.45) is 3.33. The number of aliphatic carboxylic acids is 1. The average molecular weight is 453 g/mol. The number of carboxylic acid groups (broad SMARTS) is 1. The van der Waals surface area contributed by atoms with Crippen LogP contribution in [0.25, 0.3) is 10.9 Å². The number of hydrogen-bond donors (Lipinski definition) is 2. The molecule has 0 saturated heterocycles. The molecule has 2 atom stereocenters. The molecule has 1 aromatic heterocycles. The summed E-state index contributed by atoms with van der Waals surface area (Å²) >= 11 is 0. The smallest absolute Gasteiger partial charge is 0.326 e. The largest absolute Gasteiger partial charge is 0.497 e. The Labute approximate surface area is 192 Å². The van der Waals surface area contributed by atoms with Crippen molar-refractivity contribution in [2.24, 2.45) is 0 Å². The highest BCUT2D eigenvalue weighted by molar-refractivity contribution is 5.88. The van der Waals surface area contributed by atoms with E-state index >= 15 is 0 Å². The normalized spacial score (nSPS) is 16.3. The summed E-state index contributed by atoms with van der Waals surface area (Å²) in [7, 11) is 1.62. The van der Waals surface area contributed by atoms with Crippen molar-refractivity contribution in [1.82, 2.24) is 9.88 Å². The Bertz CT molecular complexity index is 1190. The minimum absolute atomic E-state index is 0.0295. The number of hydrogen-bond acceptors (Lipinski definition) is 3. The highest BCUT2D eigenvalue weighted by Gasteiger charge is 2.30. The first-order valence-electron chi connectivity index (χ1n) is 11.4. The van der Waals surface area contributed by atoms with Gasteiger partial charge in [-0.3, -0.25) is 4.79 Å². The summed E-state index contributed by atoms with van der Waals surface area (Å²) < 4.78 is 21.2. The lowest BCUT2D eigenvalue weighted by Crippen LogP contribution is -2.39. The number of aryl methyl sites for hydroxylation is 1. The molecule has 0 radical (unpaired) electrons. The maximum atomic E-state index is 14.1. The zero-order chi connectivity index (χ0) is 23.5. The van der Waals surface area contributed by atoms with Crippen LogP contribution in [-0.2, 0) is 28.9 Å². The summed E-state index contributed by atoms with van der Waals surface area (Å²) in [5.41, 5.74) is 3.65. The van der Waals surface area contributed by atoms with Crippen LogP contribution in [0.3, 0.4) is 0 Å². The van der Waals surface area contributed by atoms with Gasteiger partial charge in [-0.25, -0.2) is 9.18 Å². The molecule has 0 spiro atoms. The molecular weight excluding hydrogens is 423 g/mol. The van der Waals surface area contributed by atoms with E-state index < -0.39 is 12.0 Å². The van der Waals surface area contributed by atoms with Gasteiger partial charge in [-0.05, 0) is 73.6 Å². The van der Waals surface area contributed by atoms with E-state index in [1.165, 1.54) is 12.1 Å². The molecule has 2 N–H and O–H groups in total. The Morgan fingerprint density at radius 1 is 1.27 bits per heavy atom. The summed E-state index contributed by atoms with van der Waals surface area (Å²) in [5, 5.41) is 13.6. The van der Waals surface area contributed by atoms with Gasteiger partial charge in [-0.1, -0.05) is 19.1 Å². The second kappa shape index (κ2) is 9.65. The quantitative estimate of drug-likeness (QED) is 0.530. The van der Waals surface area contributed by atoms with Gasteiger partial charge in [0.05, 0.1) is 7.11 Å². The third-order valence-corrected chi connectivity index (χ3v) is 6.49. The number of nitrogens with zero attached hydrogens (tertiary/aromatic N) is 1. The number of carboxylic acids is 1. The maximum Gasteiger partial charge on any atom is 0.326 e. The van der Waals surface area contributed by atoms with Gasteiger partial charge in [0.1, 0.15) is 17.6 Å². The Hall–Kier alpha value is -3.35. The van der Waals surface area contributed by atoms with Gasteiger partial charge in [0.15, 0.2) is 0 Å². The predicted molar refractivity (Wildman–Crippen MR) is 124 cm³/mol. The van der Waals surface area contributed by atoms with Gasteiger partial charge in [-0.15, -0.1) is 0 Å². The van der Waals surface area contributed by atoms with Crippen LogP contribution in [0.5, 0.6) is 5.75 Å². The van der Waals surface area contributed by atoms with E-state index in [-0.39, 0.29) is 17.8 Å². The lowest BCUT2D eigenvalue weighted by atomic mass is 9.91. The summed E-state index contributed by atoms with van der Waals surface area (Å²) in [6, 6.07) is 11.4. The number of fused-ring (bicyclic) bond motifs is 3. The Morgan fingerprint density at radius 3 is 2.82 bits per heavy atom. The van der Waals surface area contributed by atoms with Crippen LogP contribution in [-0.4, -0.2) is 34.7 Å². The minimum atomic E-state index is -0.894. The number of amides is 1. The third kappa shape index (κ3) is 4.72. The first kappa shape index (κ1) is 22.8. The molecule has 6 nitrogen and oxygen atoms in total. The molecule has 0 bridgehead atoms. The van der Waals surface area contributed by atoms with Crippen molar-refractivity contribution < 1.29 is 23.8 Å². The molecule has 2 unspecified atom stereocenters. The average Bonchev–Trinajstić information content (AvgIpc) is 3.11. The van der Waals surface area contributed by atoms with Crippen LogP contribution in [0, 0.1) is 5.82 Å². The van der Waals surface area contributed by atoms with Gasteiger partial charge < -0.3 is 19.7 Å². The summed E-state index contributed by atoms with van der Waals surface area (Å²) in [4.78, 5) is 24.5. The van der Waals surface area contributed by atoms with E-state index in [1.54, 1.807) is 13.2 Å². The second-order valence-corrected chi connectivity index (χ2v) is 8.58. The number of carbonyl (C=O) groups excluding carboxylic acids is 1. The van der Waals surface area contributed by atoms with E-state index in [0.29, 0.717) is 38.5 Å². The fourth-order valence-electron chi connectivity index (χ4n) is 4.90. The molecule has 1 aliphatic carbocycles. The highest BCUT2D eigenvalue weighted by atomic mass is 19.1.